The van der Waals surface area contributed by atoms with Gasteiger partial charge in [0, 0.05) is 5.54 Å². The van der Waals surface area contributed by atoms with Crippen LogP contribution in [-0.2, 0) is 0 Å². The smallest absolute Gasteiger partial charge is 0.0195 e. The van der Waals surface area contributed by atoms with Crippen LogP contribution >= 0.6 is 0 Å². The summed E-state index contributed by atoms with van der Waals surface area (Å²) in [6.07, 6.45) is 5.18. The van der Waals surface area contributed by atoms with Crippen molar-refractivity contribution in [2.45, 2.75) is 43.1 Å². The standard InChI is InChI=1S/C14H17N/c15-14-7-9-5-11(14)6-10(8-14)13-4-2-1-3-12(9)13/h1-4,9-11H,5-8,15H2. The van der Waals surface area contributed by atoms with Crippen LogP contribution in [0, 0.1) is 5.92 Å². The zero-order valence-electron chi connectivity index (χ0n) is 8.95. The highest BCUT2D eigenvalue weighted by Gasteiger charge is 2.54. The minimum Gasteiger partial charge on any atom is -0.325 e. The van der Waals surface area contributed by atoms with Gasteiger partial charge in [0.25, 0.3) is 0 Å². The maximum absolute atomic E-state index is 6.56. The Morgan fingerprint density at radius 2 is 1.53 bits per heavy atom. The zero-order valence-corrected chi connectivity index (χ0v) is 8.95. The topological polar surface area (TPSA) is 26.0 Å². The summed E-state index contributed by atoms with van der Waals surface area (Å²) in [5.41, 5.74) is 9.99. The number of hydrogen-bond acceptors (Lipinski definition) is 1. The van der Waals surface area contributed by atoms with Crippen molar-refractivity contribution in [3.05, 3.63) is 35.4 Å². The fourth-order valence-corrected chi connectivity index (χ4v) is 4.48. The monoisotopic (exact) mass is 199 g/mol. The van der Waals surface area contributed by atoms with Gasteiger partial charge in [0.1, 0.15) is 0 Å². The Balaban J connectivity index is 1.96. The van der Waals surface area contributed by atoms with Crippen LogP contribution in [0.3, 0.4) is 0 Å². The van der Waals surface area contributed by atoms with Gasteiger partial charge >= 0.3 is 0 Å². The Morgan fingerprint density at radius 1 is 1.00 bits per heavy atom. The van der Waals surface area contributed by atoms with Gasteiger partial charge in [-0.15, -0.1) is 0 Å². The van der Waals surface area contributed by atoms with Gasteiger partial charge < -0.3 is 5.73 Å². The molecule has 1 nitrogen and oxygen atoms in total. The maximum Gasteiger partial charge on any atom is 0.0195 e. The lowest BCUT2D eigenvalue weighted by atomic mass is 9.91. The summed E-state index contributed by atoms with van der Waals surface area (Å²) in [5.74, 6) is 2.34. The van der Waals surface area contributed by atoms with Crippen LogP contribution in [-0.4, -0.2) is 5.54 Å². The molecule has 1 heteroatoms. The average molecular weight is 199 g/mol. The van der Waals surface area contributed by atoms with Crippen LogP contribution < -0.4 is 5.73 Å². The van der Waals surface area contributed by atoms with E-state index in [4.69, 9.17) is 5.73 Å². The molecule has 2 atom stereocenters. The number of benzene rings is 1. The lowest BCUT2D eigenvalue weighted by molar-refractivity contribution is 0.370. The molecule has 2 fully saturated rings. The van der Waals surface area contributed by atoms with Gasteiger partial charge in [-0.2, -0.15) is 0 Å². The van der Waals surface area contributed by atoms with Crippen LogP contribution in [0.15, 0.2) is 24.3 Å². The SMILES string of the molecule is NC12CC3CC1CC(C2)c1ccccc13. The average Bonchev–Trinajstić information content (AvgIpc) is 2.59. The molecular formula is C14H17N. The molecule has 0 aliphatic heterocycles. The maximum atomic E-state index is 6.56. The van der Waals surface area contributed by atoms with E-state index in [2.05, 4.69) is 24.3 Å². The van der Waals surface area contributed by atoms with Gasteiger partial charge in [-0.3, -0.25) is 0 Å². The summed E-state index contributed by atoms with van der Waals surface area (Å²) < 4.78 is 0. The van der Waals surface area contributed by atoms with Crippen molar-refractivity contribution in [1.29, 1.82) is 0 Å². The Hall–Kier alpha value is -0.820. The predicted octanol–water partition coefficient (Wildman–Crippen LogP) is 2.77. The van der Waals surface area contributed by atoms with E-state index in [1.807, 2.05) is 0 Å². The van der Waals surface area contributed by atoms with Crippen molar-refractivity contribution < 1.29 is 0 Å². The molecular weight excluding hydrogens is 182 g/mol. The van der Waals surface area contributed by atoms with E-state index in [0.717, 1.165) is 17.8 Å². The zero-order chi connectivity index (χ0) is 10.0. The number of rotatable bonds is 0. The first-order valence-electron chi connectivity index (χ1n) is 6.14. The molecule has 0 amide bonds. The van der Waals surface area contributed by atoms with Gasteiger partial charge in [-0.1, -0.05) is 24.3 Å². The Kier molecular flexibility index (Phi) is 1.37. The van der Waals surface area contributed by atoms with Crippen LogP contribution in [0.2, 0.25) is 0 Å². The van der Waals surface area contributed by atoms with E-state index in [1.165, 1.54) is 25.7 Å². The molecule has 2 unspecified atom stereocenters. The largest absolute Gasteiger partial charge is 0.325 e. The molecule has 0 heterocycles. The second kappa shape index (κ2) is 2.46. The van der Waals surface area contributed by atoms with Crippen molar-refractivity contribution in [2.24, 2.45) is 11.7 Å². The minimum atomic E-state index is 0.189. The highest BCUT2D eigenvalue weighted by Crippen LogP contribution is 2.60. The Morgan fingerprint density at radius 3 is 2.00 bits per heavy atom. The summed E-state index contributed by atoms with van der Waals surface area (Å²) in [6.45, 7) is 0. The lowest BCUT2D eigenvalue weighted by Crippen LogP contribution is -2.39. The normalized spacial score (nSPS) is 45.5. The highest BCUT2D eigenvalue weighted by atomic mass is 14.8. The molecule has 15 heavy (non-hydrogen) atoms. The van der Waals surface area contributed by atoms with Crippen molar-refractivity contribution in [3.63, 3.8) is 0 Å². The first kappa shape index (κ1) is 8.35. The molecule has 0 saturated heterocycles. The molecule has 1 aromatic carbocycles. The number of hydrogen-bond donors (Lipinski definition) is 1. The van der Waals surface area contributed by atoms with Gasteiger partial charge in [-0.05, 0) is 54.6 Å². The second-order valence-corrected chi connectivity index (χ2v) is 5.83. The molecule has 4 aliphatic rings. The summed E-state index contributed by atoms with van der Waals surface area (Å²) in [5, 5.41) is 0. The molecule has 0 aromatic heterocycles. The van der Waals surface area contributed by atoms with Gasteiger partial charge in [0.15, 0.2) is 0 Å². The molecule has 4 bridgehead atoms. The third kappa shape index (κ3) is 0.926. The third-order valence-electron chi connectivity index (χ3n) is 5.08. The molecule has 0 spiro atoms. The van der Waals surface area contributed by atoms with Crippen LogP contribution in [0.25, 0.3) is 0 Å². The Bertz CT molecular complexity index is 388. The van der Waals surface area contributed by atoms with Crippen molar-refractivity contribution in [2.75, 3.05) is 0 Å². The van der Waals surface area contributed by atoms with E-state index in [9.17, 15) is 0 Å². The van der Waals surface area contributed by atoms with Crippen molar-refractivity contribution in [1.82, 2.24) is 0 Å². The quantitative estimate of drug-likeness (QED) is 0.683. The van der Waals surface area contributed by atoms with Gasteiger partial charge in [0.2, 0.25) is 0 Å². The highest BCUT2D eigenvalue weighted by molar-refractivity contribution is 5.40. The van der Waals surface area contributed by atoms with Crippen LogP contribution in [0.5, 0.6) is 0 Å². The molecule has 2 saturated carbocycles. The molecule has 78 valence electrons. The molecule has 2 N–H and O–H groups in total. The minimum absolute atomic E-state index is 0.189. The summed E-state index contributed by atoms with van der Waals surface area (Å²) >= 11 is 0. The van der Waals surface area contributed by atoms with Crippen molar-refractivity contribution in [3.8, 4) is 0 Å². The van der Waals surface area contributed by atoms with Gasteiger partial charge in [-0.25, -0.2) is 0 Å². The van der Waals surface area contributed by atoms with Crippen LogP contribution in [0.4, 0.5) is 0 Å². The summed E-state index contributed by atoms with van der Waals surface area (Å²) in [7, 11) is 0. The van der Waals surface area contributed by atoms with E-state index < -0.39 is 0 Å². The Labute approximate surface area is 90.7 Å². The summed E-state index contributed by atoms with van der Waals surface area (Å²) in [4.78, 5) is 0. The molecule has 5 rings (SSSR count). The van der Waals surface area contributed by atoms with Crippen LogP contribution in [0.1, 0.15) is 48.6 Å². The lowest BCUT2D eigenvalue weighted by Gasteiger charge is -2.22. The predicted molar refractivity (Wildman–Crippen MR) is 60.8 cm³/mol. The fourth-order valence-electron chi connectivity index (χ4n) is 4.48. The van der Waals surface area contributed by atoms with E-state index in [1.54, 1.807) is 11.1 Å². The third-order valence-corrected chi connectivity index (χ3v) is 5.08. The second-order valence-electron chi connectivity index (χ2n) is 5.83. The summed E-state index contributed by atoms with van der Waals surface area (Å²) in [6, 6.07) is 9.06. The van der Waals surface area contributed by atoms with E-state index in [-0.39, 0.29) is 5.54 Å². The first-order valence-corrected chi connectivity index (χ1v) is 6.14. The number of nitrogens with two attached hydrogens (primary N) is 1. The molecule has 1 aromatic rings. The molecule has 4 aliphatic carbocycles. The fraction of sp³-hybridized carbons (Fsp3) is 0.571. The van der Waals surface area contributed by atoms with E-state index >= 15 is 0 Å². The first-order chi connectivity index (χ1) is 7.26. The van der Waals surface area contributed by atoms with E-state index in [0.29, 0.717) is 0 Å². The molecule has 0 radical (unpaired) electrons. The van der Waals surface area contributed by atoms with Gasteiger partial charge in [0.05, 0.1) is 0 Å². The van der Waals surface area contributed by atoms with Crippen molar-refractivity contribution >= 4 is 0 Å².